The molecule has 2 atom stereocenters. The number of nitrogens with one attached hydrogen (secondary N) is 2. The maximum atomic E-state index is 11.8. The van der Waals surface area contributed by atoms with E-state index in [2.05, 4.69) is 5.32 Å². The molecule has 1 aliphatic rings. The maximum absolute atomic E-state index is 11.8. The van der Waals surface area contributed by atoms with Crippen LogP contribution in [0, 0.1) is 5.92 Å². The molecule has 0 saturated carbocycles. The van der Waals surface area contributed by atoms with Gasteiger partial charge in [0.05, 0.1) is 0 Å². The van der Waals surface area contributed by atoms with E-state index in [1.165, 1.54) is 0 Å². The summed E-state index contributed by atoms with van der Waals surface area (Å²) in [5.41, 5.74) is 0. The molecule has 0 aromatic rings. The Labute approximate surface area is 92.8 Å². The lowest BCUT2D eigenvalue weighted by atomic mass is 9.90. The van der Waals surface area contributed by atoms with Crippen molar-refractivity contribution >= 4 is 5.91 Å². The SMILES string of the molecule is CC1CCCNC1CC(=O)NCC(F)(F)F. The van der Waals surface area contributed by atoms with Gasteiger partial charge in [-0.25, -0.2) is 0 Å². The standard InChI is InChI=1S/C10H17F3N2O/c1-7-3-2-4-14-8(7)5-9(16)15-6-10(11,12)13/h7-8,14H,2-6H2,1H3,(H,15,16). The normalized spacial score (nSPS) is 26.5. The van der Waals surface area contributed by atoms with E-state index in [1.807, 2.05) is 12.2 Å². The molecule has 0 aromatic carbocycles. The highest BCUT2D eigenvalue weighted by atomic mass is 19.4. The van der Waals surface area contributed by atoms with Gasteiger partial charge in [-0.15, -0.1) is 0 Å². The fourth-order valence-electron chi connectivity index (χ4n) is 1.86. The van der Waals surface area contributed by atoms with Crippen LogP contribution in [0.25, 0.3) is 0 Å². The minimum atomic E-state index is -4.33. The van der Waals surface area contributed by atoms with E-state index in [0.29, 0.717) is 5.92 Å². The summed E-state index contributed by atoms with van der Waals surface area (Å²) in [7, 11) is 0. The number of amides is 1. The van der Waals surface area contributed by atoms with Crippen LogP contribution >= 0.6 is 0 Å². The molecule has 1 aliphatic heterocycles. The Morgan fingerprint density at radius 3 is 2.75 bits per heavy atom. The second-order valence-corrected chi connectivity index (χ2v) is 4.28. The van der Waals surface area contributed by atoms with Crippen molar-refractivity contribution in [2.45, 2.75) is 38.4 Å². The summed E-state index contributed by atoms with van der Waals surface area (Å²) in [6.07, 6.45) is -2.13. The zero-order chi connectivity index (χ0) is 12.2. The van der Waals surface area contributed by atoms with Gasteiger partial charge in [-0.1, -0.05) is 6.92 Å². The summed E-state index contributed by atoms with van der Waals surface area (Å²) < 4.78 is 35.5. The Bertz CT molecular complexity index is 243. The third-order valence-electron chi connectivity index (χ3n) is 2.82. The Morgan fingerprint density at radius 1 is 1.50 bits per heavy atom. The molecule has 3 nitrogen and oxygen atoms in total. The minimum Gasteiger partial charge on any atom is -0.347 e. The molecule has 1 saturated heterocycles. The molecule has 1 rings (SSSR count). The van der Waals surface area contributed by atoms with Gasteiger partial charge in [0.25, 0.3) is 0 Å². The first-order valence-electron chi connectivity index (χ1n) is 5.45. The number of carbonyl (C=O) groups excluding carboxylic acids is 1. The van der Waals surface area contributed by atoms with Crippen molar-refractivity contribution < 1.29 is 18.0 Å². The lowest BCUT2D eigenvalue weighted by Gasteiger charge is -2.29. The van der Waals surface area contributed by atoms with E-state index in [1.54, 1.807) is 0 Å². The Balaban J connectivity index is 2.28. The van der Waals surface area contributed by atoms with Crippen molar-refractivity contribution in [1.29, 1.82) is 0 Å². The van der Waals surface area contributed by atoms with Crippen LogP contribution < -0.4 is 10.6 Å². The van der Waals surface area contributed by atoms with Crippen LogP contribution in [-0.4, -0.2) is 31.2 Å². The summed E-state index contributed by atoms with van der Waals surface area (Å²) in [5, 5.41) is 5.04. The fourth-order valence-corrected chi connectivity index (χ4v) is 1.86. The number of rotatable bonds is 3. The van der Waals surface area contributed by atoms with Crippen LogP contribution in [-0.2, 0) is 4.79 Å². The lowest BCUT2D eigenvalue weighted by Crippen LogP contribution is -2.44. The molecule has 2 N–H and O–H groups in total. The molecule has 6 heteroatoms. The van der Waals surface area contributed by atoms with Gasteiger partial charge in [0.2, 0.25) is 5.91 Å². The minimum absolute atomic E-state index is 0.00184. The largest absolute Gasteiger partial charge is 0.405 e. The predicted molar refractivity (Wildman–Crippen MR) is 53.9 cm³/mol. The Morgan fingerprint density at radius 2 is 2.19 bits per heavy atom. The summed E-state index contributed by atoms with van der Waals surface area (Å²) in [6.45, 7) is 1.60. The molecule has 0 radical (unpaired) electrons. The molecular weight excluding hydrogens is 221 g/mol. The van der Waals surface area contributed by atoms with Crippen molar-refractivity contribution in [1.82, 2.24) is 10.6 Å². The van der Waals surface area contributed by atoms with Gasteiger partial charge in [0.15, 0.2) is 0 Å². The highest BCUT2D eigenvalue weighted by molar-refractivity contribution is 5.76. The number of carbonyl (C=O) groups is 1. The smallest absolute Gasteiger partial charge is 0.347 e. The van der Waals surface area contributed by atoms with Crippen LogP contribution in [0.3, 0.4) is 0 Å². The van der Waals surface area contributed by atoms with Gasteiger partial charge < -0.3 is 10.6 Å². The third-order valence-corrected chi connectivity index (χ3v) is 2.82. The number of hydrogen-bond donors (Lipinski definition) is 2. The van der Waals surface area contributed by atoms with Crippen LogP contribution in [0.4, 0.5) is 13.2 Å². The first kappa shape index (κ1) is 13.3. The van der Waals surface area contributed by atoms with Gasteiger partial charge in [0, 0.05) is 12.5 Å². The average Bonchev–Trinajstić information content (AvgIpc) is 2.18. The van der Waals surface area contributed by atoms with Crippen LogP contribution in [0.5, 0.6) is 0 Å². The van der Waals surface area contributed by atoms with E-state index in [9.17, 15) is 18.0 Å². The van der Waals surface area contributed by atoms with E-state index in [4.69, 9.17) is 0 Å². The molecule has 2 unspecified atom stereocenters. The van der Waals surface area contributed by atoms with Crippen molar-refractivity contribution in [2.75, 3.05) is 13.1 Å². The van der Waals surface area contributed by atoms with Gasteiger partial charge in [-0.3, -0.25) is 4.79 Å². The van der Waals surface area contributed by atoms with Gasteiger partial charge in [0.1, 0.15) is 6.54 Å². The molecule has 94 valence electrons. The van der Waals surface area contributed by atoms with Crippen molar-refractivity contribution in [2.24, 2.45) is 5.92 Å². The second-order valence-electron chi connectivity index (χ2n) is 4.28. The molecular formula is C10H17F3N2O. The Hall–Kier alpha value is -0.780. The van der Waals surface area contributed by atoms with Crippen LogP contribution in [0.15, 0.2) is 0 Å². The number of hydrogen-bond acceptors (Lipinski definition) is 2. The molecule has 1 heterocycles. The second kappa shape index (κ2) is 5.52. The number of halogens is 3. The highest BCUT2D eigenvalue weighted by Gasteiger charge is 2.29. The highest BCUT2D eigenvalue weighted by Crippen LogP contribution is 2.18. The van der Waals surface area contributed by atoms with Gasteiger partial charge in [-0.2, -0.15) is 13.2 Å². The van der Waals surface area contributed by atoms with Crippen LogP contribution in [0.1, 0.15) is 26.2 Å². The van der Waals surface area contributed by atoms with Gasteiger partial charge in [-0.05, 0) is 25.3 Å². The van der Waals surface area contributed by atoms with Crippen molar-refractivity contribution in [3.8, 4) is 0 Å². The molecule has 16 heavy (non-hydrogen) atoms. The summed E-state index contributed by atoms with van der Waals surface area (Å²) in [6, 6.07) is 0.00184. The predicted octanol–water partition coefficient (Wildman–Crippen LogP) is 1.44. The third kappa shape index (κ3) is 4.83. The topological polar surface area (TPSA) is 41.1 Å². The molecule has 0 bridgehead atoms. The molecule has 0 spiro atoms. The number of alkyl halides is 3. The Kier molecular flexibility index (Phi) is 4.58. The molecule has 0 aromatic heterocycles. The molecule has 1 amide bonds. The van der Waals surface area contributed by atoms with E-state index in [-0.39, 0.29) is 12.5 Å². The molecule has 1 fully saturated rings. The van der Waals surface area contributed by atoms with E-state index in [0.717, 1.165) is 19.4 Å². The molecule has 0 aliphatic carbocycles. The maximum Gasteiger partial charge on any atom is 0.405 e. The quantitative estimate of drug-likeness (QED) is 0.781. The number of piperidine rings is 1. The zero-order valence-electron chi connectivity index (χ0n) is 9.23. The lowest BCUT2D eigenvalue weighted by molar-refractivity contribution is -0.138. The summed E-state index contributed by atoms with van der Waals surface area (Å²) >= 11 is 0. The van der Waals surface area contributed by atoms with E-state index >= 15 is 0 Å². The first-order chi connectivity index (χ1) is 7.38. The average molecular weight is 238 g/mol. The summed E-state index contributed by atoms with van der Waals surface area (Å²) in [4.78, 5) is 11.3. The fraction of sp³-hybridized carbons (Fsp3) is 0.900. The van der Waals surface area contributed by atoms with Crippen molar-refractivity contribution in [3.05, 3.63) is 0 Å². The zero-order valence-corrected chi connectivity index (χ0v) is 9.23. The van der Waals surface area contributed by atoms with Crippen molar-refractivity contribution in [3.63, 3.8) is 0 Å². The monoisotopic (exact) mass is 238 g/mol. The van der Waals surface area contributed by atoms with Gasteiger partial charge >= 0.3 is 6.18 Å². The van der Waals surface area contributed by atoms with E-state index < -0.39 is 18.6 Å². The first-order valence-corrected chi connectivity index (χ1v) is 5.45. The van der Waals surface area contributed by atoms with Crippen LogP contribution in [0.2, 0.25) is 0 Å². The summed E-state index contributed by atoms with van der Waals surface area (Å²) in [5.74, 6) is -0.200.